The zero-order valence-corrected chi connectivity index (χ0v) is 11.5. The SMILES string of the molecule is COc1ccc(C#N)cc1COc1ccc(C#N)cc1N. The van der Waals surface area contributed by atoms with Crippen LogP contribution < -0.4 is 15.2 Å². The highest BCUT2D eigenvalue weighted by Crippen LogP contribution is 2.26. The van der Waals surface area contributed by atoms with Crippen molar-refractivity contribution in [3.63, 3.8) is 0 Å². The van der Waals surface area contributed by atoms with E-state index in [1.807, 2.05) is 6.07 Å². The van der Waals surface area contributed by atoms with Gasteiger partial charge in [-0.2, -0.15) is 10.5 Å². The largest absolute Gasteiger partial charge is 0.496 e. The molecule has 0 unspecified atom stereocenters. The molecule has 0 atom stereocenters. The Kier molecular flexibility index (Phi) is 4.28. The molecule has 2 aromatic rings. The van der Waals surface area contributed by atoms with Crippen LogP contribution in [0.2, 0.25) is 0 Å². The Morgan fingerprint density at radius 2 is 1.62 bits per heavy atom. The number of nitrogens with two attached hydrogens (primary N) is 1. The molecule has 2 N–H and O–H groups in total. The second-order valence-corrected chi connectivity index (χ2v) is 4.29. The Morgan fingerprint density at radius 1 is 1.00 bits per heavy atom. The second-order valence-electron chi connectivity index (χ2n) is 4.29. The summed E-state index contributed by atoms with van der Waals surface area (Å²) in [7, 11) is 1.56. The first-order valence-electron chi connectivity index (χ1n) is 6.17. The number of hydrogen-bond donors (Lipinski definition) is 1. The molecule has 0 amide bonds. The highest BCUT2D eigenvalue weighted by atomic mass is 16.5. The van der Waals surface area contributed by atoms with Crippen LogP contribution in [0.4, 0.5) is 5.69 Å². The maximum Gasteiger partial charge on any atom is 0.142 e. The van der Waals surface area contributed by atoms with Crippen molar-refractivity contribution in [2.75, 3.05) is 12.8 Å². The quantitative estimate of drug-likeness (QED) is 0.868. The van der Waals surface area contributed by atoms with Crippen molar-refractivity contribution < 1.29 is 9.47 Å². The van der Waals surface area contributed by atoms with E-state index in [0.29, 0.717) is 28.3 Å². The average Bonchev–Trinajstić information content (AvgIpc) is 2.53. The van der Waals surface area contributed by atoms with Crippen molar-refractivity contribution in [1.82, 2.24) is 0 Å². The highest BCUT2D eigenvalue weighted by molar-refractivity contribution is 5.56. The maximum atomic E-state index is 8.93. The minimum Gasteiger partial charge on any atom is -0.496 e. The molecule has 0 radical (unpaired) electrons. The summed E-state index contributed by atoms with van der Waals surface area (Å²) >= 11 is 0. The molecule has 0 spiro atoms. The fourth-order valence-electron chi connectivity index (χ4n) is 1.87. The normalized spacial score (nSPS) is 9.48. The number of methoxy groups -OCH3 is 1. The maximum absolute atomic E-state index is 8.93. The number of nitrogen functional groups attached to an aromatic ring is 1. The van der Waals surface area contributed by atoms with Gasteiger partial charge in [-0.05, 0) is 36.4 Å². The molecule has 0 saturated heterocycles. The first-order chi connectivity index (χ1) is 10.2. The Morgan fingerprint density at radius 3 is 2.19 bits per heavy atom. The summed E-state index contributed by atoms with van der Waals surface area (Å²) in [5, 5.41) is 17.7. The van der Waals surface area contributed by atoms with Gasteiger partial charge in [-0.15, -0.1) is 0 Å². The third-order valence-corrected chi connectivity index (χ3v) is 2.93. The molecule has 0 aliphatic heterocycles. The summed E-state index contributed by atoms with van der Waals surface area (Å²) in [6.45, 7) is 0.217. The van der Waals surface area contributed by atoms with Gasteiger partial charge in [0.05, 0.1) is 36.1 Å². The summed E-state index contributed by atoms with van der Waals surface area (Å²) in [4.78, 5) is 0. The monoisotopic (exact) mass is 279 g/mol. The lowest BCUT2D eigenvalue weighted by Crippen LogP contribution is -2.01. The molecule has 0 fully saturated rings. The van der Waals surface area contributed by atoms with E-state index >= 15 is 0 Å². The van der Waals surface area contributed by atoms with E-state index in [0.717, 1.165) is 5.56 Å². The number of nitriles is 2. The molecule has 2 rings (SSSR count). The number of benzene rings is 2. The third kappa shape index (κ3) is 3.23. The van der Waals surface area contributed by atoms with Crippen LogP contribution in [0.3, 0.4) is 0 Å². The lowest BCUT2D eigenvalue weighted by Gasteiger charge is -2.12. The Balaban J connectivity index is 2.20. The summed E-state index contributed by atoms with van der Waals surface area (Å²) < 4.78 is 10.9. The molecule has 5 heteroatoms. The van der Waals surface area contributed by atoms with Crippen molar-refractivity contribution in [2.24, 2.45) is 0 Å². The number of nitrogens with zero attached hydrogens (tertiary/aromatic N) is 2. The van der Waals surface area contributed by atoms with Crippen LogP contribution >= 0.6 is 0 Å². The van der Waals surface area contributed by atoms with Crippen molar-refractivity contribution in [1.29, 1.82) is 10.5 Å². The standard InChI is InChI=1S/C16H13N3O2/c1-20-15-4-2-11(8-17)6-13(15)10-21-16-5-3-12(9-18)7-14(16)19/h2-7H,10,19H2,1H3. The van der Waals surface area contributed by atoms with Gasteiger partial charge in [-0.3, -0.25) is 0 Å². The third-order valence-electron chi connectivity index (χ3n) is 2.93. The lowest BCUT2D eigenvalue weighted by molar-refractivity contribution is 0.298. The van der Waals surface area contributed by atoms with Gasteiger partial charge in [0.2, 0.25) is 0 Å². The van der Waals surface area contributed by atoms with Gasteiger partial charge in [-0.1, -0.05) is 0 Å². The average molecular weight is 279 g/mol. The van der Waals surface area contributed by atoms with Crippen molar-refractivity contribution >= 4 is 5.69 Å². The van der Waals surface area contributed by atoms with E-state index in [4.69, 9.17) is 25.7 Å². The molecule has 21 heavy (non-hydrogen) atoms. The van der Waals surface area contributed by atoms with E-state index in [9.17, 15) is 0 Å². The molecule has 0 aliphatic carbocycles. The van der Waals surface area contributed by atoms with Crippen molar-refractivity contribution in [2.45, 2.75) is 6.61 Å². The molecule has 0 aromatic heterocycles. The molecule has 0 bridgehead atoms. The van der Waals surface area contributed by atoms with Crippen LogP contribution in [0.1, 0.15) is 16.7 Å². The number of anilines is 1. The number of ether oxygens (including phenoxy) is 2. The predicted molar refractivity (Wildman–Crippen MR) is 77.6 cm³/mol. The minimum atomic E-state index is 0.217. The summed E-state index contributed by atoms with van der Waals surface area (Å²) in [6.07, 6.45) is 0. The smallest absolute Gasteiger partial charge is 0.142 e. The Labute approximate surface area is 122 Å². The molecule has 104 valence electrons. The molecule has 0 saturated carbocycles. The highest BCUT2D eigenvalue weighted by Gasteiger charge is 2.07. The van der Waals surface area contributed by atoms with E-state index in [1.165, 1.54) is 0 Å². The van der Waals surface area contributed by atoms with E-state index in [1.54, 1.807) is 43.5 Å². The first-order valence-corrected chi connectivity index (χ1v) is 6.17. The fraction of sp³-hybridized carbons (Fsp3) is 0.125. The first kappa shape index (κ1) is 14.2. The Hall–Kier alpha value is -3.18. The summed E-state index contributed by atoms with van der Waals surface area (Å²) in [6, 6.07) is 14.0. The molecular weight excluding hydrogens is 266 g/mol. The minimum absolute atomic E-state index is 0.217. The lowest BCUT2D eigenvalue weighted by atomic mass is 10.1. The van der Waals surface area contributed by atoms with Crippen LogP contribution in [-0.4, -0.2) is 7.11 Å². The fourth-order valence-corrected chi connectivity index (χ4v) is 1.87. The predicted octanol–water partition coefficient (Wildman–Crippen LogP) is 2.60. The van der Waals surface area contributed by atoms with E-state index in [-0.39, 0.29) is 6.61 Å². The topological polar surface area (TPSA) is 92.1 Å². The van der Waals surface area contributed by atoms with Crippen molar-refractivity contribution in [3.8, 4) is 23.6 Å². The number of hydrogen-bond acceptors (Lipinski definition) is 5. The molecule has 0 aliphatic rings. The van der Waals surface area contributed by atoms with E-state index in [2.05, 4.69) is 6.07 Å². The van der Waals surface area contributed by atoms with Crippen molar-refractivity contribution in [3.05, 3.63) is 53.1 Å². The van der Waals surface area contributed by atoms with Crippen LogP contribution in [0.15, 0.2) is 36.4 Å². The van der Waals surface area contributed by atoms with Gasteiger partial charge in [0.25, 0.3) is 0 Å². The molecule has 2 aromatic carbocycles. The zero-order valence-electron chi connectivity index (χ0n) is 11.5. The Bertz CT molecular complexity index is 742. The zero-order chi connectivity index (χ0) is 15.2. The van der Waals surface area contributed by atoms with Crippen LogP contribution in [0.5, 0.6) is 11.5 Å². The van der Waals surface area contributed by atoms with Crippen LogP contribution in [0.25, 0.3) is 0 Å². The van der Waals surface area contributed by atoms with Crippen LogP contribution in [0, 0.1) is 22.7 Å². The van der Waals surface area contributed by atoms with Gasteiger partial charge in [0.1, 0.15) is 18.1 Å². The number of rotatable bonds is 4. The molecule has 0 heterocycles. The van der Waals surface area contributed by atoms with Gasteiger partial charge >= 0.3 is 0 Å². The van der Waals surface area contributed by atoms with Gasteiger partial charge in [0, 0.05) is 5.56 Å². The van der Waals surface area contributed by atoms with Gasteiger partial charge < -0.3 is 15.2 Å². The molecular formula is C16H13N3O2. The van der Waals surface area contributed by atoms with E-state index < -0.39 is 0 Å². The van der Waals surface area contributed by atoms with Crippen LogP contribution in [-0.2, 0) is 6.61 Å². The summed E-state index contributed by atoms with van der Waals surface area (Å²) in [5.74, 6) is 1.12. The van der Waals surface area contributed by atoms with Gasteiger partial charge in [0.15, 0.2) is 0 Å². The summed E-state index contributed by atoms with van der Waals surface area (Å²) in [5.41, 5.74) is 7.98. The second kappa shape index (κ2) is 6.31. The molecule has 5 nitrogen and oxygen atoms in total. The van der Waals surface area contributed by atoms with Gasteiger partial charge in [-0.25, -0.2) is 0 Å².